The number of hydrogen-bond donors (Lipinski definition) is 4. The van der Waals surface area contributed by atoms with E-state index in [9.17, 15) is 55.9 Å². The third kappa shape index (κ3) is 21.8. The monoisotopic (exact) mass is 1570 g/mol. The largest absolute Gasteiger partial charge is 0.494 e. The number of carbonyl (C=O) groups excluding carboxylic acids is 4. The van der Waals surface area contributed by atoms with E-state index in [1.807, 2.05) is 48.5 Å². The number of aromatic nitrogens is 4. The van der Waals surface area contributed by atoms with Gasteiger partial charge in [-0.1, -0.05) is 160 Å². The van der Waals surface area contributed by atoms with Crippen LogP contribution in [-0.4, -0.2) is 84.2 Å². The highest BCUT2D eigenvalue weighted by Crippen LogP contribution is 2.34. The number of allylic oxidation sites excluding steroid dienone is 1. The van der Waals surface area contributed by atoms with Crippen LogP contribution < -0.4 is 63.0 Å². The van der Waals surface area contributed by atoms with Gasteiger partial charge in [0.1, 0.15) is 11.6 Å². The summed E-state index contributed by atoms with van der Waals surface area (Å²) < 4.78 is 112. The number of aromatic amines is 1. The van der Waals surface area contributed by atoms with Crippen molar-refractivity contribution in [2.24, 2.45) is 16.9 Å². The van der Waals surface area contributed by atoms with Crippen LogP contribution in [0.15, 0.2) is 212 Å². The maximum Gasteiger partial charge on any atom is 0.340 e. The van der Waals surface area contributed by atoms with Crippen molar-refractivity contribution in [3.63, 3.8) is 0 Å². The fourth-order valence-corrected chi connectivity index (χ4v) is 11.9. The van der Waals surface area contributed by atoms with Gasteiger partial charge in [-0.2, -0.15) is 0 Å². The van der Waals surface area contributed by atoms with Crippen molar-refractivity contribution < 1.29 is 74.3 Å². The Balaban J connectivity index is 0.000000216. The minimum atomic E-state index is -0.730. The molecule has 8 aromatic carbocycles. The van der Waals surface area contributed by atoms with E-state index >= 15 is 4.39 Å². The predicted molar refractivity (Wildman–Crippen MR) is 425 cm³/mol. The standard InChI is InChI=1S/C28H27F2N3O3.C25H28FN3O4.C21H21FO5.C13H16FNO3/c1-17-9-7-13-22(29)21(17)15-32-18(2)25(20-12-8-14-24(36-3)26(20)30)27(34)33(28(32)35)16-23(31)19-10-5-4-6-11-19;1-15-20(17-12-9-13-19(33-5)21(17)26)22(30)29(24(32)27-15)14-18(16-10-7-6-8-11-16)28-23(31)25(2,3)4;1-4-26-21(24)19(16-11-8-12-17(25-3)20(16)22)14(2)13-18(23)27-15-9-6-5-7-10-15;1-4-18-13(16)11(8(2)15)9-6-5-7-10(17-3)12(9)14/h4-14,23H,15-16,31H2,1-3H3;6-13,18H,14H2,1-5H3,(H,27,32)(H,28,31);5-12H,4,13H2,1-3H3;5-7H,4,15H2,1-3H3/b;;19-14-;11-8-/t23-;18-;;/m00../s1. The number of rotatable bonds is 24. The molecule has 10 rings (SSSR count). The molecule has 0 saturated heterocycles. The van der Waals surface area contributed by atoms with Gasteiger partial charge in [0, 0.05) is 56.4 Å². The zero-order chi connectivity index (χ0) is 83.8. The Morgan fingerprint density at radius 2 is 0.974 bits per heavy atom. The number of halogens is 5. The summed E-state index contributed by atoms with van der Waals surface area (Å²) in [5.41, 5.74) is 12.2. The van der Waals surface area contributed by atoms with Gasteiger partial charge >= 0.3 is 29.3 Å². The van der Waals surface area contributed by atoms with Gasteiger partial charge in [0.2, 0.25) is 5.91 Å². The van der Waals surface area contributed by atoms with Gasteiger partial charge in [-0.25, -0.2) is 41.1 Å². The lowest BCUT2D eigenvalue weighted by Gasteiger charge is -2.25. The molecule has 2 heterocycles. The molecule has 2 aromatic heterocycles. The lowest BCUT2D eigenvalue weighted by atomic mass is 9.94. The highest BCUT2D eigenvalue weighted by Gasteiger charge is 2.30. The molecule has 2 atom stereocenters. The number of nitrogens with zero attached hydrogens (tertiary/aromatic N) is 3. The predicted octanol–water partition coefficient (Wildman–Crippen LogP) is 14.1. The number of nitrogens with one attached hydrogen (secondary N) is 2. The van der Waals surface area contributed by atoms with Gasteiger partial charge in [-0.3, -0.25) is 32.9 Å². The smallest absolute Gasteiger partial charge is 0.340 e. The van der Waals surface area contributed by atoms with E-state index < -0.39 is 87.0 Å². The van der Waals surface area contributed by atoms with E-state index in [0.29, 0.717) is 22.4 Å². The molecular formula is C87H92F5N7O15. The average Bonchev–Trinajstić information content (AvgIpc) is 0.758. The molecular weight excluding hydrogens is 1480 g/mol. The number of aryl methyl sites for hydroxylation is 2. The van der Waals surface area contributed by atoms with E-state index in [1.54, 1.807) is 134 Å². The first kappa shape index (κ1) is 88.3. The number of H-pyrrole nitrogens is 1. The maximum absolute atomic E-state index is 15.3. The number of esters is 3. The molecule has 0 saturated carbocycles. The molecule has 22 nitrogen and oxygen atoms in total. The quantitative estimate of drug-likeness (QED) is 0.0189. The second-order valence-corrected chi connectivity index (χ2v) is 26.7. The molecule has 0 bridgehead atoms. The molecule has 600 valence electrons. The molecule has 27 heteroatoms. The van der Waals surface area contributed by atoms with Crippen LogP contribution in [0.2, 0.25) is 0 Å². The van der Waals surface area contributed by atoms with Crippen LogP contribution in [0.3, 0.4) is 0 Å². The Morgan fingerprint density at radius 3 is 1.46 bits per heavy atom. The number of carbonyl (C=O) groups is 4. The van der Waals surface area contributed by atoms with Crippen LogP contribution in [0.1, 0.15) is 112 Å². The lowest BCUT2D eigenvalue weighted by Crippen LogP contribution is -2.44. The van der Waals surface area contributed by atoms with Crippen molar-refractivity contribution in [2.75, 3.05) is 41.7 Å². The van der Waals surface area contributed by atoms with Crippen molar-refractivity contribution >= 4 is 35.0 Å². The number of amides is 1. The lowest BCUT2D eigenvalue weighted by molar-refractivity contribution is -0.137. The zero-order valence-electron chi connectivity index (χ0n) is 65.7. The van der Waals surface area contributed by atoms with E-state index in [0.717, 1.165) is 20.3 Å². The number of ether oxygens (including phenoxy) is 7. The Labute approximate surface area is 656 Å². The molecule has 0 unspecified atom stereocenters. The summed E-state index contributed by atoms with van der Waals surface area (Å²) >= 11 is 0. The van der Waals surface area contributed by atoms with E-state index in [-0.39, 0.29) is 130 Å². The summed E-state index contributed by atoms with van der Waals surface area (Å²) in [6, 6.07) is 47.9. The Kier molecular flexibility index (Phi) is 31.6. The highest BCUT2D eigenvalue weighted by atomic mass is 19.1. The van der Waals surface area contributed by atoms with Gasteiger partial charge in [0.15, 0.2) is 46.3 Å². The number of hydrogen-bond acceptors (Lipinski definition) is 17. The molecule has 0 aliphatic rings. The van der Waals surface area contributed by atoms with E-state index in [1.165, 1.54) is 101 Å². The summed E-state index contributed by atoms with van der Waals surface area (Å²) in [4.78, 5) is 105. The van der Waals surface area contributed by atoms with Crippen LogP contribution in [0.25, 0.3) is 33.4 Å². The maximum atomic E-state index is 15.3. The van der Waals surface area contributed by atoms with Crippen LogP contribution in [-0.2, 0) is 48.3 Å². The summed E-state index contributed by atoms with van der Waals surface area (Å²) in [6.45, 7) is 16.5. The van der Waals surface area contributed by atoms with Gasteiger partial charge in [-0.15, -0.1) is 0 Å². The summed E-state index contributed by atoms with van der Waals surface area (Å²) in [5.74, 6) is -5.00. The number of benzene rings is 8. The third-order valence-electron chi connectivity index (χ3n) is 17.9. The Hall–Kier alpha value is -12.9. The van der Waals surface area contributed by atoms with Crippen molar-refractivity contribution in [1.82, 2.24) is 24.0 Å². The number of methoxy groups -OCH3 is 4. The van der Waals surface area contributed by atoms with Gasteiger partial charge in [0.25, 0.3) is 11.1 Å². The van der Waals surface area contributed by atoms with Crippen LogP contribution >= 0.6 is 0 Å². The van der Waals surface area contributed by atoms with Gasteiger partial charge < -0.3 is 54.9 Å². The first-order chi connectivity index (χ1) is 54.3. The SMILES string of the molecule is CCOC(=O)/C(=C(/C)CC(=O)Oc1ccccc1)c1cccc(OC)c1F.CCOC(=O)/C(=C(/C)N)c1cccc(OC)c1F.COc1cccc(-c2c(C)[nH]c(=O)n(C[C@H](NC(=O)C(C)(C)C)c3ccccc3)c2=O)c1F.COc1cccc(-c2c(C)n(Cc3c(C)cccc3F)c(=O)n(C[C@H](N)c3ccccc3)c2=O)c1F. The van der Waals surface area contributed by atoms with E-state index in [4.69, 9.17) is 44.6 Å². The topological polar surface area (TPSA) is 296 Å². The van der Waals surface area contributed by atoms with Crippen LogP contribution in [0.5, 0.6) is 28.7 Å². The average molecular weight is 1570 g/mol. The molecule has 0 radical (unpaired) electrons. The highest BCUT2D eigenvalue weighted by molar-refractivity contribution is 6.18. The minimum absolute atomic E-state index is 0.00559. The number of nitrogens with two attached hydrogens (primary N) is 2. The summed E-state index contributed by atoms with van der Waals surface area (Å²) in [6.07, 6.45) is -0.195. The summed E-state index contributed by atoms with van der Waals surface area (Å²) in [7, 11) is 5.35. The molecule has 0 aliphatic heterocycles. The van der Waals surface area contributed by atoms with Crippen molar-refractivity contribution in [1.29, 1.82) is 0 Å². The molecule has 0 fully saturated rings. The van der Waals surface area contributed by atoms with Crippen LogP contribution in [0, 0.1) is 55.3 Å². The fraction of sp³-hybridized carbons (Fsp3) is 0.264. The van der Waals surface area contributed by atoms with Gasteiger partial charge in [-0.05, 0) is 113 Å². The Bertz CT molecular complexity index is 5380. The Morgan fingerprint density at radius 1 is 0.526 bits per heavy atom. The van der Waals surface area contributed by atoms with Crippen LogP contribution in [0.4, 0.5) is 22.0 Å². The molecule has 0 aliphatic carbocycles. The van der Waals surface area contributed by atoms with Crippen molar-refractivity contribution in [2.45, 2.75) is 107 Å². The first-order valence-electron chi connectivity index (χ1n) is 35.9. The summed E-state index contributed by atoms with van der Waals surface area (Å²) in [5, 5.41) is 2.93. The first-order valence-corrected chi connectivity index (χ1v) is 35.9. The van der Waals surface area contributed by atoms with Crippen molar-refractivity contribution in [3.8, 4) is 51.0 Å². The number of para-hydroxylation sites is 1. The third-order valence-corrected chi connectivity index (χ3v) is 17.9. The molecule has 6 N–H and O–H groups in total. The van der Waals surface area contributed by atoms with E-state index in [2.05, 4.69) is 10.3 Å². The molecule has 10 aromatic rings. The van der Waals surface area contributed by atoms with Crippen molar-refractivity contribution in [3.05, 3.63) is 309 Å². The fourth-order valence-electron chi connectivity index (χ4n) is 11.9. The molecule has 114 heavy (non-hydrogen) atoms. The minimum Gasteiger partial charge on any atom is -0.494 e. The zero-order valence-corrected chi connectivity index (χ0v) is 65.7. The normalized spacial score (nSPS) is 11.9. The second-order valence-electron chi connectivity index (χ2n) is 26.7. The molecule has 1 amide bonds. The van der Waals surface area contributed by atoms with Gasteiger partial charge in [0.05, 0.1) is 96.0 Å². The second kappa shape index (κ2) is 40.9. The molecule has 0 spiro atoms.